The van der Waals surface area contributed by atoms with Gasteiger partial charge in [-0.3, -0.25) is 4.79 Å². The third-order valence-corrected chi connectivity index (χ3v) is 3.14. The summed E-state index contributed by atoms with van der Waals surface area (Å²) in [5, 5.41) is 0. The van der Waals surface area contributed by atoms with E-state index < -0.39 is 0 Å². The van der Waals surface area contributed by atoms with Crippen molar-refractivity contribution >= 4 is 29.3 Å². The molecule has 1 aliphatic carbocycles. The van der Waals surface area contributed by atoms with Gasteiger partial charge in [0.2, 0.25) is 12.2 Å². The van der Waals surface area contributed by atoms with Crippen molar-refractivity contribution in [2.75, 3.05) is 0 Å². The van der Waals surface area contributed by atoms with Crippen LogP contribution in [-0.2, 0) is 9.59 Å². The fourth-order valence-corrected chi connectivity index (χ4v) is 2.30. The zero-order chi connectivity index (χ0) is 14.1. The van der Waals surface area contributed by atoms with Gasteiger partial charge in [0.15, 0.2) is 5.78 Å². The molecule has 0 amide bonds. The van der Waals surface area contributed by atoms with E-state index in [4.69, 9.17) is 0 Å². The first-order valence-corrected chi connectivity index (χ1v) is 5.73. The average molecular weight is 262 g/mol. The molecule has 2 aromatic carbocycles. The van der Waals surface area contributed by atoms with Crippen LogP contribution in [0.5, 0.6) is 0 Å². The maximum absolute atomic E-state index is 12.3. The average Bonchev–Trinajstić information content (AvgIpc) is 2.73. The van der Waals surface area contributed by atoms with E-state index in [0.717, 1.165) is 11.1 Å². The molecule has 0 N–H and O–H groups in total. The SMILES string of the molecule is O=C=Nc1ccc2c(c1)C(=O)c1cc(N=C=O)ccc1-2. The molecule has 0 saturated heterocycles. The summed E-state index contributed by atoms with van der Waals surface area (Å²) in [6.07, 6.45) is 2.89. The molecule has 0 atom stereocenters. The van der Waals surface area contributed by atoms with E-state index in [1.165, 1.54) is 12.2 Å². The maximum atomic E-state index is 12.3. The molecular formula is C15H6N2O3. The van der Waals surface area contributed by atoms with Crippen molar-refractivity contribution in [1.29, 1.82) is 0 Å². The van der Waals surface area contributed by atoms with Crippen molar-refractivity contribution in [3.63, 3.8) is 0 Å². The van der Waals surface area contributed by atoms with Gasteiger partial charge in [0.25, 0.3) is 0 Å². The fraction of sp³-hybridized carbons (Fsp3) is 0. The number of fused-ring (bicyclic) bond motifs is 3. The second kappa shape index (κ2) is 4.52. The summed E-state index contributed by atoms with van der Waals surface area (Å²) in [4.78, 5) is 39.9. The highest BCUT2D eigenvalue weighted by Gasteiger charge is 2.27. The Kier molecular flexibility index (Phi) is 2.70. The third kappa shape index (κ3) is 1.71. The monoisotopic (exact) mass is 262 g/mol. The summed E-state index contributed by atoms with van der Waals surface area (Å²) in [7, 11) is 0. The Bertz CT molecular complexity index is 773. The largest absolute Gasteiger partial charge is 0.289 e. The molecule has 1 aliphatic rings. The maximum Gasteiger partial charge on any atom is 0.240 e. The Labute approximate surface area is 113 Å². The molecule has 0 fully saturated rings. The lowest BCUT2D eigenvalue weighted by Gasteiger charge is -2.00. The minimum atomic E-state index is -0.180. The summed E-state index contributed by atoms with van der Waals surface area (Å²) < 4.78 is 0. The summed E-state index contributed by atoms with van der Waals surface area (Å²) >= 11 is 0. The molecule has 0 heterocycles. The topological polar surface area (TPSA) is 75.9 Å². The van der Waals surface area contributed by atoms with Crippen LogP contribution in [-0.4, -0.2) is 17.9 Å². The number of nitrogens with zero attached hydrogens (tertiary/aromatic N) is 2. The Morgan fingerprint density at radius 2 is 1.15 bits per heavy atom. The van der Waals surface area contributed by atoms with Crippen LogP contribution in [0, 0.1) is 0 Å². The van der Waals surface area contributed by atoms with Crippen LogP contribution in [0.3, 0.4) is 0 Å². The highest BCUT2D eigenvalue weighted by molar-refractivity contribution is 6.22. The third-order valence-electron chi connectivity index (χ3n) is 3.14. The number of carbonyl (C=O) groups is 1. The van der Waals surface area contributed by atoms with Crippen molar-refractivity contribution in [2.45, 2.75) is 0 Å². The Morgan fingerprint density at radius 1 is 0.700 bits per heavy atom. The van der Waals surface area contributed by atoms with Gasteiger partial charge in [0.1, 0.15) is 0 Å². The first kappa shape index (κ1) is 11.9. The van der Waals surface area contributed by atoms with Crippen molar-refractivity contribution < 1.29 is 14.4 Å². The van der Waals surface area contributed by atoms with E-state index in [-0.39, 0.29) is 5.78 Å². The van der Waals surface area contributed by atoms with Gasteiger partial charge in [-0.2, -0.15) is 9.98 Å². The van der Waals surface area contributed by atoms with Crippen LogP contribution < -0.4 is 0 Å². The zero-order valence-electron chi connectivity index (χ0n) is 10.1. The van der Waals surface area contributed by atoms with Gasteiger partial charge < -0.3 is 0 Å². The van der Waals surface area contributed by atoms with Gasteiger partial charge in [0, 0.05) is 11.1 Å². The van der Waals surface area contributed by atoms with E-state index in [1.807, 2.05) is 0 Å². The molecule has 2 aromatic rings. The number of ketones is 1. The quantitative estimate of drug-likeness (QED) is 0.526. The van der Waals surface area contributed by atoms with Gasteiger partial charge in [-0.25, -0.2) is 9.59 Å². The van der Waals surface area contributed by atoms with E-state index in [9.17, 15) is 14.4 Å². The lowest BCUT2D eigenvalue weighted by atomic mass is 10.1. The number of hydrogen-bond donors (Lipinski definition) is 0. The molecule has 20 heavy (non-hydrogen) atoms. The van der Waals surface area contributed by atoms with Crippen LogP contribution in [0.4, 0.5) is 11.4 Å². The Morgan fingerprint density at radius 3 is 1.55 bits per heavy atom. The lowest BCUT2D eigenvalue weighted by molar-refractivity contribution is 0.104. The second-order valence-corrected chi connectivity index (χ2v) is 4.20. The number of benzene rings is 2. The molecule has 0 radical (unpaired) electrons. The molecule has 0 unspecified atom stereocenters. The van der Waals surface area contributed by atoms with E-state index in [1.54, 1.807) is 36.4 Å². The smallest absolute Gasteiger partial charge is 0.240 e. The molecule has 5 nitrogen and oxygen atoms in total. The van der Waals surface area contributed by atoms with E-state index in [0.29, 0.717) is 22.5 Å². The van der Waals surface area contributed by atoms with Gasteiger partial charge in [-0.1, -0.05) is 12.1 Å². The van der Waals surface area contributed by atoms with E-state index in [2.05, 4.69) is 9.98 Å². The van der Waals surface area contributed by atoms with E-state index >= 15 is 0 Å². The summed E-state index contributed by atoms with van der Waals surface area (Å²) in [5.74, 6) is -0.180. The highest BCUT2D eigenvalue weighted by Crippen LogP contribution is 2.39. The normalized spacial score (nSPS) is 11.1. The number of rotatable bonds is 2. The predicted molar refractivity (Wildman–Crippen MR) is 70.9 cm³/mol. The zero-order valence-corrected chi connectivity index (χ0v) is 10.1. The Hall–Kier alpha value is -3.13. The summed E-state index contributed by atoms with van der Waals surface area (Å²) in [6, 6.07) is 9.85. The Balaban J connectivity index is 2.20. The molecule has 3 rings (SSSR count). The minimum absolute atomic E-state index is 0.180. The van der Waals surface area contributed by atoms with Gasteiger partial charge in [-0.05, 0) is 35.4 Å². The van der Waals surface area contributed by atoms with Gasteiger partial charge in [0.05, 0.1) is 11.4 Å². The minimum Gasteiger partial charge on any atom is -0.289 e. The van der Waals surface area contributed by atoms with Crippen LogP contribution in [0.1, 0.15) is 15.9 Å². The summed E-state index contributed by atoms with van der Waals surface area (Å²) in [5.41, 5.74) is 3.26. The van der Waals surface area contributed by atoms with Crippen LogP contribution in [0.15, 0.2) is 46.4 Å². The van der Waals surface area contributed by atoms with Crippen molar-refractivity contribution in [3.8, 4) is 11.1 Å². The molecule has 5 heteroatoms. The molecule has 0 spiro atoms. The number of aliphatic imine (C=N–C) groups is 2. The van der Waals surface area contributed by atoms with Crippen molar-refractivity contribution in [2.24, 2.45) is 9.98 Å². The molecule has 94 valence electrons. The number of carbonyl (C=O) groups excluding carboxylic acids is 3. The van der Waals surface area contributed by atoms with Crippen LogP contribution >= 0.6 is 0 Å². The van der Waals surface area contributed by atoms with Gasteiger partial charge in [-0.15, -0.1) is 0 Å². The standard InChI is InChI=1S/C15H6N2O3/c18-7-16-9-1-3-11-12-4-2-10(17-8-19)6-14(12)15(20)13(11)5-9/h1-6H. The fourth-order valence-electron chi connectivity index (χ4n) is 2.30. The first-order valence-electron chi connectivity index (χ1n) is 5.73. The number of isocyanates is 2. The highest BCUT2D eigenvalue weighted by atomic mass is 16.1. The van der Waals surface area contributed by atoms with Crippen LogP contribution in [0.25, 0.3) is 11.1 Å². The van der Waals surface area contributed by atoms with Crippen LogP contribution in [0.2, 0.25) is 0 Å². The predicted octanol–water partition coefficient (Wildman–Crippen LogP) is 2.83. The molecule has 0 saturated carbocycles. The number of hydrogen-bond acceptors (Lipinski definition) is 5. The second-order valence-electron chi connectivity index (χ2n) is 4.20. The van der Waals surface area contributed by atoms with Gasteiger partial charge >= 0.3 is 0 Å². The van der Waals surface area contributed by atoms with Crippen molar-refractivity contribution in [1.82, 2.24) is 0 Å². The summed E-state index contributed by atoms with van der Waals surface area (Å²) in [6.45, 7) is 0. The molecule has 0 aliphatic heterocycles. The molecule has 0 aromatic heterocycles. The van der Waals surface area contributed by atoms with Crippen molar-refractivity contribution in [3.05, 3.63) is 47.5 Å². The first-order chi connectivity index (χ1) is 9.74. The molecular weight excluding hydrogens is 256 g/mol. The lowest BCUT2D eigenvalue weighted by Crippen LogP contribution is -1.94. The molecule has 0 bridgehead atoms.